The third kappa shape index (κ3) is 3.97. The van der Waals surface area contributed by atoms with E-state index in [2.05, 4.69) is 20.5 Å². The van der Waals surface area contributed by atoms with E-state index in [0.29, 0.717) is 38.9 Å². The van der Waals surface area contributed by atoms with Gasteiger partial charge in [-0.1, -0.05) is 11.6 Å². The number of aliphatic hydroxyl groups excluding tert-OH is 1. The van der Waals surface area contributed by atoms with Gasteiger partial charge in [-0.2, -0.15) is 10.2 Å². The molecular formula is C21H21ClN6O3. The molecule has 31 heavy (non-hydrogen) atoms. The lowest BCUT2D eigenvalue weighted by molar-refractivity contribution is 0.102. The molecule has 9 nitrogen and oxygen atoms in total. The van der Waals surface area contributed by atoms with E-state index < -0.39 is 6.10 Å². The van der Waals surface area contributed by atoms with Crippen molar-refractivity contribution in [1.82, 2.24) is 24.4 Å². The third-order valence-corrected chi connectivity index (χ3v) is 5.27. The number of methoxy groups -OCH3 is 1. The zero-order chi connectivity index (χ0) is 22.1. The van der Waals surface area contributed by atoms with Crippen LogP contribution in [0, 0.1) is 0 Å². The van der Waals surface area contributed by atoms with Crippen LogP contribution < -0.4 is 10.1 Å². The molecule has 2 N–H and O–H groups in total. The van der Waals surface area contributed by atoms with Crippen molar-refractivity contribution in [3.8, 4) is 17.0 Å². The van der Waals surface area contributed by atoms with Crippen LogP contribution in [-0.2, 0) is 0 Å². The van der Waals surface area contributed by atoms with Crippen LogP contribution in [0.3, 0.4) is 0 Å². The standard InChI is InChI=1S/C21H21ClN6O3/c1-12(13(2)29)28-11-17(19(26-28)15-9-14(22)5-6-18(15)31-3)25-21(30)16-10-24-27-8-4-7-23-20(16)27/h4-13,29H,1-3H3,(H,25,30)/t12-,13+/m0/s1. The maximum absolute atomic E-state index is 13.1. The van der Waals surface area contributed by atoms with E-state index in [-0.39, 0.29) is 11.9 Å². The Labute approximate surface area is 183 Å². The van der Waals surface area contributed by atoms with Crippen LogP contribution in [0.25, 0.3) is 16.9 Å². The van der Waals surface area contributed by atoms with E-state index >= 15 is 0 Å². The molecule has 1 amide bonds. The minimum Gasteiger partial charge on any atom is -0.496 e. The highest BCUT2D eigenvalue weighted by molar-refractivity contribution is 6.31. The summed E-state index contributed by atoms with van der Waals surface area (Å²) in [5.74, 6) is 0.160. The first kappa shape index (κ1) is 20.8. The average Bonchev–Trinajstić information content (AvgIpc) is 3.37. The highest BCUT2D eigenvalue weighted by Crippen LogP contribution is 2.37. The molecule has 0 aliphatic rings. The predicted octanol–water partition coefficient (Wildman–Crippen LogP) is 3.45. The number of halogens is 1. The van der Waals surface area contributed by atoms with Crippen LogP contribution >= 0.6 is 11.6 Å². The van der Waals surface area contributed by atoms with Crippen molar-refractivity contribution in [2.24, 2.45) is 0 Å². The molecule has 3 aromatic heterocycles. The number of amides is 1. The van der Waals surface area contributed by atoms with Crippen molar-refractivity contribution >= 4 is 28.8 Å². The minimum absolute atomic E-state index is 0.320. The molecule has 0 saturated carbocycles. The number of fused-ring (bicyclic) bond motifs is 1. The molecule has 1 aromatic carbocycles. The first-order valence-electron chi connectivity index (χ1n) is 9.60. The van der Waals surface area contributed by atoms with Gasteiger partial charge in [-0.25, -0.2) is 9.50 Å². The fourth-order valence-corrected chi connectivity index (χ4v) is 3.33. The van der Waals surface area contributed by atoms with Gasteiger partial charge in [0.25, 0.3) is 5.91 Å². The summed E-state index contributed by atoms with van der Waals surface area (Å²) in [4.78, 5) is 17.3. The molecular weight excluding hydrogens is 420 g/mol. The van der Waals surface area contributed by atoms with Crippen LogP contribution in [0.15, 0.2) is 49.1 Å². The largest absolute Gasteiger partial charge is 0.496 e. The van der Waals surface area contributed by atoms with Gasteiger partial charge >= 0.3 is 0 Å². The van der Waals surface area contributed by atoms with E-state index in [1.54, 1.807) is 61.6 Å². The van der Waals surface area contributed by atoms with Gasteiger partial charge in [0.2, 0.25) is 0 Å². The van der Waals surface area contributed by atoms with Crippen molar-refractivity contribution in [2.45, 2.75) is 26.0 Å². The number of aliphatic hydroxyl groups is 1. The topological polar surface area (TPSA) is 107 Å². The molecule has 4 aromatic rings. The molecule has 4 rings (SSSR count). The lowest BCUT2D eigenvalue weighted by Crippen LogP contribution is -2.18. The van der Waals surface area contributed by atoms with Crippen LogP contribution in [0.4, 0.5) is 5.69 Å². The number of ether oxygens (including phenoxy) is 1. The number of benzene rings is 1. The van der Waals surface area contributed by atoms with Gasteiger partial charge in [-0.05, 0) is 38.1 Å². The molecule has 3 heterocycles. The number of anilines is 1. The summed E-state index contributed by atoms with van der Waals surface area (Å²) in [5.41, 5.74) is 2.27. The van der Waals surface area contributed by atoms with E-state index in [1.807, 2.05) is 6.92 Å². The fourth-order valence-electron chi connectivity index (χ4n) is 3.15. The maximum atomic E-state index is 13.1. The summed E-state index contributed by atoms with van der Waals surface area (Å²) < 4.78 is 8.59. The molecule has 0 fully saturated rings. The number of rotatable bonds is 6. The van der Waals surface area contributed by atoms with Gasteiger partial charge in [-0.15, -0.1) is 0 Å². The van der Waals surface area contributed by atoms with Crippen molar-refractivity contribution in [3.05, 3.63) is 59.6 Å². The SMILES string of the molecule is COc1ccc(Cl)cc1-c1nn([C@@H](C)[C@@H](C)O)cc1NC(=O)c1cnn2cccnc12. The van der Waals surface area contributed by atoms with Gasteiger partial charge in [0, 0.05) is 29.2 Å². The number of aromatic nitrogens is 5. The Morgan fingerprint density at radius 1 is 1.32 bits per heavy atom. The monoisotopic (exact) mass is 440 g/mol. The Hall–Kier alpha value is -3.43. The Morgan fingerprint density at radius 3 is 2.87 bits per heavy atom. The molecule has 0 aliphatic heterocycles. The fraction of sp³-hybridized carbons (Fsp3) is 0.238. The van der Waals surface area contributed by atoms with Crippen LogP contribution in [0.5, 0.6) is 5.75 Å². The molecule has 10 heteroatoms. The van der Waals surface area contributed by atoms with E-state index in [4.69, 9.17) is 16.3 Å². The van der Waals surface area contributed by atoms with E-state index in [0.717, 1.165) is 0 Å². The molecule has 0 unspecified atom stereocenters. The van der Waals surface area contributed by atoms with Crippen molar-refractivity contribution in [2.75, 3.05) is 12.4 Å². The van der Waals surface area contributed by atoms with Gasteiger partial charge < -0.3 is 15.2 Å². The summed E-state index contributed by atoms with van der Waals surface area (Å²) in [6.07, 6.45) is 5.79. The number of nitrogens with one attached hydrogen (secondary N) is 1. The number of hydrogen-bond acceptors (Lipinski definition) is 6. The highest BCUT2D eigenvalue weighted by Gasteiger charge is 2.23. The average molecular weight is 441 g/mol. The Balaban J connectivity index is 1.79. The molecule has 0 bridgehead atoms. The lowest BCUT2D eigenvalue weighted by Gasteiger charge is -2.14. The van der Waals surface area contributed by atoms with Crippen molar-refractivity contribution in [3.63, 3.8) is 0 Å². The lowest BCUT2D eigenvalue weighted by atomic mass is 10.1. The van der Waals surface area contributed by atoms with Gasteiger partial charge in [0.05, 0.1) is 31.1 Å². The molecule has 0 aliphatic carbocycles. The van der Waals surface area contributed by atoms with Crippen LogP contribution in [-0.4, -0.2) is 48.6 Å². The first-order chi connectivity index (χ1) is 14.9. The quantitative estimate of drug-likeness (QED) is 0.475. The zero-order valence-electron chi connectivity index (χ0n) is 17.2. The van der Waals surface area contributed by atoms with E-state index in [1.165, 1.54) is 10.7 Å². The molecule has 0 saturated heterocycles. The molecule has 0 spiro atoms. The Kier molecular flexibility index (Phi) is 5.62. The number of carbonyl (C=O) groups excluding carboxylic acids is 1. The Bertz CT molecular complexity index is 1250. The van der Waals surface area contributed by atoms with Gasteiger partial charge in [0.15, 0.2) is 5.65 Å². The summed E-state index contributed by atoms with van der Waals surface area (Å²) in [5, 5.41) is 22.2. The third-order valence-electron chi connectivity index (χ3n) is 5.04. The normalized spacial score (nSPS) is 13.2. The predicted molar refractivity (Wildman–Crippen MR) is 117 cm³/mol. The van der Waals surface area contributed by atoms with Crippen molar-refractivity contribution in [1.29, 1.82) is 0 Å². The van der Waals surface area contributed by atoms with Crippen LogP contribution in [0.1, 0.15) is 30.2 Å². The molecule has 0 radical (unpaired) electrons. The second kappa shape index (κ2) is 8.37. The van der Waals surface area contributed by atoms with E-state index in [9.17, 15) is 9.90 Å². The highest BCUT2D eigenvalue weighted by atomic mass is 35.5. The summed E-state index contributed by atoms with van der Waals surface area (Å²) in [7, 11) is 1.55. The van der Waals surface area contributed by atoms with Gasteiger partial charge in [-0.3, -0.25) is 9.48 Å². The first-order valence-corrected chi connectivity index (χ1v) is 9.97. The minimum atomic E-state index is -0.652. The maximum Gasteiger partial charge on any atom is 0.261 e. The summed E-state index contributed by atoms with van der Waals surface area (Å²) >= 11 is 6.21. The molecule has 2 atom stereocenters. The molecule has 160 valence electrons. The van der Waals surface area contributed by atoms with Gasteiger partial charge in [0.1, 0.15) is 17.0 Å². The number of hydrogen-bond donors (Lipinski definition) is 2. The Morgan fingerprint density at radius 2 is 2.13 bits per heavy atom. The smallest absolute Gasteiger partial charge is 0.261 e. The number of carbonyl (C=O) groups is 1. The second-order valence-electron chi connectivity index (χ2n) is 7.10. The van der Waals surface area contributed by atoms with Crippen LogP contribution in [0.2, 0.25) is 5.02 Å². The second-order valence-corrected chi connectivity index (χ2v) is 7.53. The number of nitrogens with zero attached hydrogens (tertiary/aromatic N) is 5. The zero-order valence-corrected chi connectivity index (χ0v) is 17.9. The summed E-state index contributed by atoms with van der Waals surface area (Å²) in [6.45, 7) is 3.51. The van der Waals surface area contributed by atoms with Crippen molar-refractivity contribution < 1.29 is 14.6 Å². The summed E-state index contributed by atoms with van der Waals surface area (Å²) in [6, 6.07) is 6.56.